The van der Waals surface area contributed by atoms with Gasteiger partial charge in [-0.05, 0) is 40.8 Å². The molecule has 2 aromatic rings. The average molecular weight is 432 g/mol. The van der Waals surface area contributed by atoms with Crippen molar-refractivity contribution in [3.05, 3.63) is 43.9 Å². The molecule has 0 atom stereocenters. The van der Waals surface area contributed by atoms with Gasteiger partial charge in [-0.3, -0.25) is 4.79 Å². The maximum absolute atomic E-state index is 13.9. The Bertz CT molecular complexity index is 701. The number of anilines is 2. The monoisotopic (exact) mass is 432 g/mol. The van der Waals surface area contributed by atoms with E-state index in [1.807, 2.05) is 22.6 Å². The largest absolute Gasteiger partial charge is 0.396 e. The van der Waals surface area contributed by atoms with E-state index in [0.717, 1.165) is 3.57 Å². The summed E-state index contributed by atoms with van der Waals surface area (Å²) in [4.78, 5) is 14.1. The molecule has 3 rings (SSSR count). The normalized spacial score (nSPS) is 14.8. The molecule has 1 aromatic carbocycles. The van der Waals surface area contributed by atoms with Gasteiger partial charge in [0.2, 0.25) is 0 Å². The van der Waals surface area contributed by atoms with Gasteiger partial charge in [-0.1, -0.05) is 0 Å². The first-order valence-corrected chi connectivity index (χ1v) is 8.79. The maximum Gasteiger partial charge on any atom is 0.256 e. The first-order valence-electron chi connectivity index (χ1n) is 6.77. The molecule has 116 valence electrons. The van der Waals surface area contributed by atoms with Crippen LogP contribution in [0.3, 0.4) is 0 Å². The van der Waals surface area contributed by atoms with E-state index in [9.17, 15) is 9.18 Å². The van der Waals surface area contributed by atoms with E-state index >= 15 is 0 Å². The highest BCUT2D eigenvalue weighted by molar-refractivity contribution is 14.1. The highest BCUT2D eigenvalue weighted by Gasteiger charge is 2.31. The molecule has 0 bridgehead atoms. The molecule has 0 saturated carbocycles. The van der Waals surface area contributed by atoms with E-state index in [1.165, 1.54) is 17.4 Å². The molecule has 7 heteroatoms. The van der Waals surface area contributed by atoms with Gasteiger partial charge < -0.3 is 15.3 Å². The summed E-state index contributed by atoms with van der Waals surface area (Å²) in [5.41, 5.74) is 1.51. The van der Waals surface area contributed by atoms with E-state index in [1.54, 1.807) is 27.8 Å². The Labute approximate surface area is 145 Å². The zero-order valence-electron chi connectivity index (χ0n) is 11.6. The van der Waals surface area contributed by atoms with Gasteiger partial charge in [-0.15, -0.1) is 11.3 Å². The lowest BCUT2D eigenvalue weighted by Gasteiger charge is -2.38. The number of thiophene rings is 1. The van der Waals surface area contributed by atoms with Crippen molar-refractivity contribution in [3.63, 3.8) is 0 Å². The molecule has 1 aliphatic heterocycles. The number of nitrogens with one attached hydrogen (secondary N) is 1. The Morgan fingerprint density at radius 1 is 1.41 bits per heavy atom. The van der Waals surface area contributed by atoms with Gasteiger partial charge in [-0.25, -0.2) is 4.39 Å². The highest BCUT2D eigenvalue weighted by Crippen LogP contribution is 2.29. The van der Waals surface area contributed by atoms with Crippen LogP contribution in [0.25, 0.3) is 0 Å². The minimum Gasteiger partial charge on any atom is -0.396 e. The van der Waals surface area contributed by atoms with Gasteiger partial charge in [0.05, 0.1) is 16.9 Å². The van der Waals surface area contributed by atoms with Crippen LogP contribution < -0.4 is 5.32 Å². The molecule has 1 fully saturated rings. The molecule has 0 unspecified atom stereocenters. The van der Waals surface area contributed by atoms with Crippen molar-refractivity contribution in [1.82, 2.24) is 4.90 Å². The van der Waals surface area contributed by atoms with E-state index in [4.69, 9.17) is 5.11 Å². The third kappa shape index (κ3) is 3.11. The molecular formula is C15H14FIN2O2S. The van der Waals surface area contributed by atoms with E-state index in [-0.39, 0.29) is 24.2 Å². The fourth-order valence-electron chi connectivity index (χ4n) is 2.32. The lowest BCUT2D eigenvalue weighted by Crippen LogP contribution is -2.51. The van der Waals surface area contributed by atoms with Crippen molar-refractivity contribution in [2.75, 3.05) is 25.0 Å². The maximum atomic E-state index is 13.9. The van der Waals surface area contributed by atoms with Crippen LogP contribution in [0.2, 0.25) is 0 Å². The quantitative estimate of drug-likeness (QED) is 0.730. The number of hydrogen-bond acceptors (Lipinski definition) is 4. The number of likely N-dealkylation sites (tertiary alicyclic amines) is 1. The number of aliphatic hydroxyl groups is 1. The summed E-state index contributed by atoms with van der Waals surface area (Å²) in [5.74, 6) is -0.257. The molecule has 1 aliphatic rings. The van der Waals surface area contributed by atoms with Crippen LogP contribution >= 0.6 is 33.9 Å². The summed E-state index contributed by atoms with van der Waals surface area (Å²) >= 11 is 3.45. The van der Waals surface area contributed by atoms with Crippen LogP contribution in [-0.2, 0) is 0 Å². The van der Waals surface area contributed by atoms with Gasteiger partial charge >= 0.3 is 0 Å². The molecule has 2 heterocycles. The predicted octanol–water partition coefficient (Wildman–Crippen LogP) is 3.30. The Kier molecular flexibility index (Phi) is 4.65. The zero-order chi connectivity index (χ0) is 15.7. The summed E-state index contributed by atoms with van der Waals surface area (Å²) in [6.45, 7) is 1.25. The van der Waals surface area contributed by atoms with Gasteiger partial charge in [-0.2, -0.15) is 0 Å². The number of nitrogens with zero attached hydrogens (tertiary/aromatic N) is 1. The van der Waals surface area contributed by atoms with Crippen molar-refractivity contribution >= 4 is 51.2 Å². The summed E-state index contributed by atoms with van der Waals surface area (Å²) < 4.78 is 14.7. The fourth-order valence-corrected chi connectivity index (χ4v) is 3.52. The van der Waals surface area contributed by atoms with Crippen molar-refractivity contribution in [3.8, 4) is 0 Å². The standard InChI is InChI=1S/C15H14FIN2O2S/c16-12-3-10(17)1-2-13(12)18-14-8-22-7-11(14)15(21)19-4-9(5-19)6-20/h1-3,7-9,18,20H,4-6H2. The number of carbonyl (C=O) groups is 1. The van der Waals surface area contributed by atoms with Crippen molar-refractivity contribution in [2.24, 2.45) is 5.92 Å². The van der Waals surface area contributed by atoms with Crippen LogP contribution in [0.15, 0.2) is 29.0 Å². The molecule has 0 spiro atoms. The first-order chi connectivity index (χ1) is 10.6. The first kappa shape index (κ1) is 15.7. The number of hydrogen-bond donors (Lipinski definition) is 2. The Morgan fingerprint density at radius 3 is 2.86 bits per heavy atom. The van der Waals surface area contributed by atoms with Crippen LogP contribution in [0, 0.1) is 15.3 Å². The SMILES string of the molecule is O=C(c1cscc1Nc1ccc(I)cc1F)N1CC(CO)C1. The topological polar surface area (TPSA) is 52.6 Å². The summed E-state index contributed by atoms with van der Waals surface area (Å²) in [7, 11) is 0. The predicted molar refractivity (Wildman–Crippen MR) is 93.2 cm³/mol. The molecule has 4 nitrogen and oxygen atoms in total. The Morgan fingerprint density at radius 2 is 2.18 bits per heavy atom. The van der Waals surface area contributed by atoms with Crippen LogP contribution in [0.1, 0.15) is 10.4 Å². The number of carbonyl (C=O) groups excluding carboxylic acids is 1. The molecule has 0 radical (unpaired) electrons. The second kappa shape index (κ2) is 6.51. The second-order valence-corrected chi connectivity index (χ2v) is 7.20. The number of rotatable bonds is 4. The van der Waals surface area contributed by atoms with E-state index in [2.05, 4.69) is 5.32 Å². The van der Waals surface area contributed by atoms with Crippen molar-refractivity contribution < 1.29 is 14.3 Å². The minimum absolute atomic E-state index is 0.0839. The van der Waals surface area contributed by atoms with Crippen molar-refractivity contribution in [2.45, 2.75) is 0 Å². The van der Waals surface area contributed by atoms with E-state index in [0.29, 0.717) is 30.0 Å². The van der Waals surface area contributed by atoms with Gasteiger partial charge in [0.1, 0.15) is 5.82 Å². The highest BCUT2D eigenvalue weighted by atomic mass is 127. The molecule has 1 amide bonds. The van der Waals surface area contributed by atoms with Gasteiger partial charge in [0.25, 0.3) is 5.91 Å². The molecule has 1 aromatic heterocycles. The smallest absolute Gasteiger partial charge is 0.256 e. The second-order valence-electron chi connectivity index (χ2n) is 5.21. The third-order valence-electron chi connectivity index (χ3n) is 3.60. The molecule has 22 heavy (non-hydrogen) atoms. The average Bonchev–Trinajstić information content (AvgIpc) is 2.89. The van der Waals surface area contributed by atoms with Gasteiger partial charge in [0.15, 0.2) is 0 Å². The molecule has 1 saturated heterocycles. The lowest BCUT2D eigenvalue weighted by molar-refractivity contribution is 0.0363. The van der Waals surface area contributed by atoms with Crippen LogP contribution in [-0.4, -0.2) is 35.6 Å². The molecular weight excluding hydrogens is 418 g/mol. The number of benzene rings is 1. The van der Waals surface area contributed by atoms with Crippen LogP contribution in [0.4, 0.5) is 15.8 Å². The molecule has 2 N–H and O–H groups in total. The number of halogens is 2. The fraction of sp³-hybridized carbons (Fsp3) is 0.267. The van der Waals surface area contributed by atoms with Gasteiger partial charge in [0, 0.05) is 39.9 Å². The summed E-state index contributed by atoms with van der Waals surface area (Å²) in [5, 5.41) is 15.6. The van der Waals surface area contributed by atoms with Crippen LogP contribution in [0.5, 0.6) is 0 Å². The molecule has 0 aliphatic carbocycles. The number of aliphatic hydroxyl groups excluding tert-OH is 1. The Hall–Kier alpha value is -1.19. The Balaban J connectivity index is 1.76. The zero-order valence-corrected chi connectivity index (χ0v) is 14.5. The number of amides is 1. The lowest BCUT2D eigenvalue weighted by atomic mass is 10.0. The third-order valence-corrected chi connectivity index (χ3v) is 5.01. The minimum atomic E-state index is -0.346. The summed E-state index contributed by atoms with van der Waals surface area (Å²) in [6.07, 6.45) is 0. The summed E-state index contributed by atoms with van der Waals surface area (Å²) in [6, 6.07) is 4.91. The van der Waals surface area contributed by atoms with E-state index < -0.39 is 0 Å². The van der Waals surface area contributed by atoms with Crippen molar-refractivity contribution in [1.29, 1.82) is 0 Å².